The normalized spacial score (nSPS) is 42.4. The molecule has 1 saturated heterocycles. The van der Waals surface area contributed by atoms with Crippen LogP contribution >= 0.6 is 0 Å². The van der Waals surface area contributed by atoms with E-state index in [0.717, 1.165) is 18.5 Å². The lowest BCUT2D eigenvalue weighted by Gasteiger charge is -2.33. The Hall–Kier alpha value is -1.13. The molecule has 0 spiro atoms. The van der Waals surface area contributed by atoms with Gasteiger partial charge >= 0.3 is 0 Å². The summed E-state index contributed by atoms with van der Waals surface area (Å²) in [5.41, 5.74) is 0.954. The van der Waals surface area contributed by atoms with Crippen LogP contribution in [0.15, 0.2) is 23.9 Å². The number of carbonyl (C=O) groups excluding carboxylic acids is 1. The second kappa shape index (κ2) is 5.50. The summed E-state index contributed by atoms with van der Waals surface area (Å²) < 4.78 is 10.8. The van der Waals surface area contributed by atoms with Crippen molar-refractivity contribution < 1.29 is 14.3 Å². The molecule has 0 aromatic carbocycles. The quantitative estimate of drug-likeness (QED) is 0.728. The minimum atomic E-state index is 0.206. The molecule has 4 heteroatoms. The van der Waals surface area contributed by atoms with E-state index in [1.54, 1.807) is 14.2 Å². The third-order valence-corrected chi connectivity index (χ3v) is 6.04. The van der Waals surface area contributed by atoms with Crippen LogP contribution in [-0.4, -0.2) is 50.2 Å². The van der Waals surface area contributed by atoms with E-state index < -0.39 is 0 Å². The van der Waals surface area contributed by atoms with E-state index in [4.69, 9.17) is 9.47 Å². The largest absolute Gasteiger partial charge is 0.383 e. The van der Waals surface area contributed by atoms with Gasteiger partial charge in [0, 0.05) is 20.1 Å². The first-order chi connectivity index (χ1) is 10.7. The van der Waals surface area contributed by atoms with Gasteiger partial charge in [0.05, 0.1) is 31.0 Å². The van der Waals surface area contributed by atoms with Crippen molar-refractivity contribution in [3.05, 3.63) is 23.9 Å². The summed E-state index contributed by atoms with van der Waals surface area (Å²) in [5.74, 6) is 2.06. The van der Waals surface area contributed by atoms with E-state index in [2.05, 4.69) is 23.1 Å². The third kappa shape index (κ3) is 2.00. The first-order valence-corrected chi connectivity index (χ1v) is 8.45. The monoisotopic (exact) mass is 303 g/mol. The molecule has 4 rings (SSSR count). The van der Waals surface area contributed by atoms with Crippen molar-refractivity contribution in [2.75, 3.05) is 27.4 Å². The molecule has 1 aliphatic heterocycles. The van der Waals surface area contributed by atoms with Crippen LogP contribution < -0.4 is 0 Å². The highest BCUT2D eigenvalue weighted by Gasteiger charge is 2.53. The minimum Gasteiger partial charge on any atom is -0.383 e. The number of Topliss-reactive ketones (excluding diaryl/α,β-unsaturated/α-hetero) is 1. The Morgan fingerprint density at radius 2 is 1.73 bits per heavy atom. The zero-order chi connectivity index (χ0) is 15.3. The summed E-state index contributed by atoms with van der Waals surface area (Å²) in [6, 6.07) is 0.620. The van der Waals surface area contributed by atoms with Crippen LogP contribution in [0.4, 0.5) is 0 Å². The standard InChI is InChI=1S/C18H25NO3/c1-21-9-13-5-6-14(10-22-2)19(13)16-8-15-11-3-4-12(7-11)17(15)18(16)20/h3-4,8,11-15,17H,5-7,9-10H2,1-2H3/t11?,12?,13-,14-,15?,17?/m1/s1. The fraction of sp³-hybridized carbons (Fsp3) is 0.722. The van der Waals surface area contributed by atoms with E-state index in [1.165, 1.54) is 6.42 Å². The summed E-state index contributed by atoms with van der Waals surface area (Å²) in [4.78, 5) is 15.4. The number of likely N-dealkylation sites (tertiary alicyclic amines) is 1. The minimum absolute atomic E-state index is 0.206. The SMILES string of the molecule is COC[C@H]1CC[C@H](COC)N1C1=CC2C3C=CC(C3)C2C1=O. The molecule has 2 bridgehead atoms. The summed E-state index contributed by atoms with van der Waals surface area (Å²) in [7, 11) is 3.48. The Balaban J connectivity index is 1.61. The Labute approximate surface area is 132 Å². The number of allylic oxidation sites excluding steroid dienone is 4. The van der Waals surface area contributed by atoms with E-state index in [-0.39, 0.29) is 5.92 Å². The molecule has 0 radical (unpaired) electrons. The number of hydrogen-bond acceptors (Lipinski definition) is 4. The number of ketones is 1. The van der Waals surface area contributed by atoms with Crippen LogP contribution in [0.5, 0.6) is 0 Å². The first-order valence-electron chi connectivity index (χ1n) is 8.45. The zero-order valence-corrected chi connectivity index (χ0v) is 13.4. The molecular formula is C18H25NO3. The molecule has 4 nitrogen and oxygen atoms in total. The third-order valence-electron chi connectivity index (χ3n) is 6.04. The van der Waals surface area contributed by atoms with E-state index in [9.17, 15) is 4.79 Å². The number of hydrogen-bond donors (Lipinski definition) is 0. The molecule has 3 aliphatic carbocycles. The molecule has 120 valence electrons. The molecule has 1 saturated carbocycles. The molecule has 2 fully saturated rings. The molecule has 0 aromatic heterocycles. The van der Waals surface area contributed by atoms with Gasteiger partial charge in [-0.3, -0.25) is 4.79 Å². The predicted molar refractivity (Wildman–Crippen MR) is 83.2 cm³/mol. The van der Waals surface area contributed by atoms with Crippen LogP contribution in [0.25, 0.3) is 0 Å². The lowest BCUT2D eigenvalue weighted by Crippen LogP contribution is -2.42. The summed E-state index contributed by atoms with van der Waals surface area (Å²) in [6.07, 6.45) is 10.2. The van der Waals surface area contributed by atoms with Crippen LogP contribution in [0, 0.1) is 23.7 Å². The van der Waals surface area contributed by atoms with Crippen molar-refractivity contribution in [3.8, 4) is 0 Å². The van der Waals surface area contributed by atoms with Gasteiger partial charge in [-0.05, 0) is 37.0 Å². The summed E-state index contributed by atoms with van der Waals surface area (Å²) >= 11 is 0. The highest BCUT2D eigenvalue weighted by Crippen LogP contribution is 2.54. The maximum atomic E-state index is 13.0. The van der Waals surface area contributed by atoms with E-state index in [0.29, 0.717) is 48.8 Å². The van der Waals surface area contributed by atoms with Gasteiger partial charge in [-0.25, -0.2) is 0 Å². The predicted octanol–water partition coefficient (Wildman–Crippen LogP) is 2.02. The highest BCUT2D eigenvalue weighted by molar-refractivity contribution is 6.00. The van der Waals surface area contributed by atoms with E-state index in [1.807, 2.05) is 0 Å². The van der Waals surface area contributed by atoms with Crippen LogP contribution in [0.3, 0.4) is 0 Å². The Morgan fingerprint density at radius 3 is 2.32 bits per heavy atom. The average molecular weight is 303 g/mol. The van der Waals surface area contributed by atoms with Gasteiger partial charge in [-0.1, -0.05) is 18.2 Å². The van der Waals surface area contributed by atoms with Gasteiger partial charge in [0.15, 0.2) is 5.78 Å². The Bertz CT molecular complexity index is 512. The van der Waals surface area contributed by atoms with Crippen molar-refractivity contribution in [3.63, 3.8) is 0 Å². The molecule has 0 amide bonds. The molecule has 4 aliphatic rings. The van der Waals surface area contributed by atoms with Crippen molar-refractivity contribution in [1.82, 2.24) is 4.90 Å². The van der Waals surface area contributed by atoms with Crippen molar-refractivity contribution >= 4 is 5.78 Å². The molecule has 4 unspecified atom stereocenters. The number of rotatable bonds is 5. The number of methoxy groups -OCH3 is 2. The first kappa shape index (κ1) is 14.5. The zero-order valence-electron chi connectivity index (χ0n) is 13.4. The van der Waals surface area contributed by atoms with Gasteiger partial charge in [-0.15, -0.1) is 0 Å². The molecule has 1 heterocycles. The van der Waals surface area contributed by atoms with Gasteiger partial charge in [0.1, 0.15) is 0 Å². The fourth-order valence-corrected chi connectivity index (χ4v) is 5.17. The second-order valence-corrected chi connectivity index (χ2v) is 7.17. The fourth-order valence-electron chi connectivity index (χ4n) is 5.17. The maximum absolute atomic E-state index is 13.0. The number of carbonyl (C=O) groups is 1. The van der Waals surface area contributed by atoms with Crippen molar-refractivity contribution in [2.45, 2.75) is 31.3 Å². The van der Waals surface area contributed by atoms with Crippen LogP contribution in [0.1, 0.15) is 19.3 Å². The summed E-state index contributed by atoms with van der Waals surface area (Å²) in [6.45, 7) is 1.37. The van der Waals surface area contributed by atoms with Gasteiger partial charge < -0.3 is 14.4 Å². The molecule has 0 N–H and O–H groups in total. The van der Waals surface area contributed by atoms with Crippen LogP contribution in [-0.2, 0) is 14.3 Å². The molecule has 6 atom stereocenters. The van der Waals surface area contributed by atoms with Gasteiger partial charge in [0.2, 0.25) is 0 Å². The van der Waals surface area contributed by atoms with E-state index >= 15 is 0 Å². The lowest BCUT2D eigenvalue weighted by atomic mass is 9.85. The topological polar surface area (TPSA) is 38.8 Å². The van der Waals surface area contributed by atoms with Crippen molar-refractivity contribution in [1.29, 1.82) is 0 Å². The number of ether oxygens (including phenoxy) is 2. The average Bonchev–Trinajstić information content (AvgIpc) is 3.23. The van der Waals surface area contributed by atoms with Crippen molar-refractivity contribution in [2.24, 2.45) is 23.7 Å². The number of fused-ring (bicyclic) bond motifs is 5. The summed E-state index contributed by atoms with van der Waals surface area (Å²) in [5, 5.41) is 0. The maximum Gasteiger partial charge on any atom is 0.182 e. The van der Waals surface area contributed by atoms with Crippen LogP contribution in [0.2, 0.25) is 0 Å². The molecule has 0 aromatic rings. The number of nitrogens with zero attached hydrogens (tertiary/aromatic N) is 1. The highest BCUT2D eigenvalue weighted by atomic mass is 16.5. The van der Waals surface area contributed by atoms with Gasteiger partial charge in [-0.2, -0.15) is 0 Å². The second-order valence-electron chi connectivity index (χ2n) is 7.17. The molecule has 22 heavy (non-hydrogen) atoms. The van der Waals surface area contributed by atoms with Gasteiger partial charge in [0.25, 0.3) is 0 Å². The lowest BCUT2D eigenvalue weighted by molar-refractivity contribution is -0.121. The Kier molecular flexibility index (Phi) is 3.61. The smallest absolute Gasteiger partial charge is 0.182 e. The molecular weight excluding hydrogens is 278 g/mol. The Morgan fingerprint density at radius 1 is 1.09 bits per heavy atom.